The van der Waals surface area contributed by atoms with Crippen molar-refractivity contribution in [1.82, 2.24) is 10.2 Å². The van der Waals surface area contributed by atoms with E-state index < -0.39 is 0 Å². The summed E-state index contributed by atoms with van der Waals surface area (Å²) in [5.74, 6) is 2.85. The molecule has 0 bridgehead atoms. The van der Waals surface area contributed by atoms with Crippen molar-refractivity contribution in [3.8, 4) is 0 Å². The summed E-state index contributed by atoms with van der Waals surface area (Å²) in [4.78, 5) is 2.84. The van der Waals surface area contributed by atoms with Crippen LogP contribution in [0.25, 0.3) is 0 Å². The molecule has 0 aromatic carbocycles. The number of likely N-dealkylation sites (tertiary alicyclic amines) is 1. The molecule has 0 amide bonds. The average Bonchev–Trinajstić information content (AvgIpc) is 2.93. The summed E-state index contributed by atoms with van der Waals surface area (Å²) < 4.78 is 0. The quantitative estimate of drug-likeness (QED) is 0.823. The molecule has 0 aromatic rings. The average molecular weight is 264 g/mol. The van der Waals surface area contributed by atoms with E-state index in [4.69, 9.17) is 0 Å². The SMILES string of the molecule is CC1CCC(N2CCC(C3CCCN3)CC2)C(C)C1. The zero-order valence-electron chi connectivity index (χ0n) is 12.9. The van der Waals surface area contributed by atoms with Crippen LogP contribution in [0.5, 0.6) is 0 Å². The summed E-state index contributed by atoms with van der Waals surface area (Å²) in [6, 6.07) is 1.75. The third-order valence-electron chi connectivity index (χ3n) is 6.10. The summed E-state index contributed by atoms with van der Waals surface area (Å²) >= 11 is 0. The highest BCUT2D eigenvalue weighted by molar-refractivity contribution is 4.90. The summed E-state index contributed by atoms with van der Waals surface area (Å²) in [6.07, 6.45) is 10.1. The molecule has 4 unspecified atom stereocenters. The first-order chi connectivity index (χ1) is 9.24. The normalized spacial score (nSPS) is 42.6. The van der Waals surface area contributed by atoms with Crippen LogP contribution in [0.4, 0.5) is 0 Å². The zero-order chi connectivity index (χ0) is 13.2. The van der Waals surface area contributed by atoms with Gasteiger partial charge in [0, 0.05) is 12.1 Å². The number of nitrogens with one attached hydrogen (secondary N) is 1. The van der Waals surface area contributed by atoms with Gasteiger partial charge in [-0.3, -0.25) is 0 Å². The minimum Gasteiger partial charge on any atom is -0.314 e. The molecule has 3 aliphatic rings. The van der Waals surface area contributed by atoms with Crippen molar-refractivity contribution >= 4 is 0 Å². The van der Waals surface area contributed by atoms with Crippen molar-refractivity contribution in [2.24, 2.45) is 17.8 Å². The van der Waals surface area contributed by atoms with Gasteiger partial charge in [0.15, 0.2) is 0 Å². The molecule has 1 aliphatic carbocycles. The predicted octanol–water partition coefficient (Wildman–Crippen LogP) is 3.28. The van der Waals surface area contributed by atoms with Gasteiger partial charge in [0.25, 0.3) is 0 Å². The molecule has 4 atom stereocenters. The molecule has 2 aliphatic heterocycles. The topological polar surface area (TPSA) is 15.3 Å². The predicted molar refractivity (Wildman–Crippen MR) is 81.3 cm³/mol. The second kappa shape index (κ2) is 6.13. The minimum atomic E-state index is 0.853. The van der Waals surface area contributed by atoms with Gasteiger partial charge in [-0.15, -0.1) is 0 Å². The number of hydrogen-bond acceptors (Lipinski definition) is 2. The second-order valence-electron chi connectivity index (χ2n) is 7.54. The Hall–Kier alpha value is -0.0800. The standard InChI is InChI=1S/C17H32N2/c1-13-5-6-17(14(2)12-13)19-10-7-15(8-11-19)16-4-3-9-18-16/h13-18H,3-12H2,1-2H3. The third kappa shape index (κ3) is 3.16. The summed E-state index contributed by atoms with van der Waals surface area (Å²) in [7, 11) is 0. The maximum atomic E-state index is 3.72. The maximum absolute atomic E-state index is 3.72. The van der Waals surface area contributed by atoms with Crippen molar-refractivity contribution in [3.63, 3.8) is 0 Å². The fourth-order valence-corrected chi connectivity index (χ4v) is 4.96. The van der Waals surface area contributed by atoms with E-state index in [1.165, 1.54) is 64.6 Å². The van der Waals surface area contributed by atoms with E-state index in [2.05, 4.69) is 24.1 Å². The Morgan fingerprint density at radius 1 is 0.947 bits per heavy atom. The number of nitrogens with zero attached hydrogens (tertiary/aromatic N) is 1. The molecule has 0 radical (unpaired) electrons. The molecule has 3 rings (SSSR count). The molecular formula is C17H32N2. The Morgan fingerprint density at radius 2 is 1.74 bits per heavy atom. The summed E-state index contributed by atoms with van der Waals surface area (Å²) in [5, 5.41) is 3.72. The van der Waals surface area contributed by atoms with Gasteiger partial charge < -0.3 is 10.2 Å². The molecule has 3 fully saturated rings. The highest BCUT2D eigenvalue weighted by Gasteiger charge is 2.34. The number of hydrogen-bond donors (Lipinski definition) is 1. The first kappa shape index (κ1) is 13.9. The van der Waals surface area contributed by atoms with Crippen LogP contribution in [0.15, 0.2) is 0 Å². The van der Waals surface area contributed by atoms with Crippen LogP contribution in [0.2, 0.25) is 0 Å². The maximum Gasteiger partial charge on any atom is 0.0121 e. The van der Waals surface area contributed by atoms with Gasteiger partial charge in [0.1, 0.15) is 0 Å². The fraction of sp³-hybridized carbons (Fsp3) is 1.00. The minimum absolute atomic E-state index is 0.853. The lowest BCUT2D eigenvalue weighted by molar-refractivity contribution is 0.0561. The molecule has 2 nitrogen and oxygen atoms in total. The van der Waals surface area contributed by atoms with Gasteiger partial charge in [-0.1, -0.05) is 13.8 Å². The Morgan fingerprint density at radius 3 is 2.37 bits per heavy atom. The van der Waals surface area contributed by atoms with Crippen molar-refractivity contribution < 1.29 is 0 Å². The molecule has 1 saturated carbocycles. The van der Waals surface area contributed by atoms with Crippen LogP contribution < -0.4 is 5.32 Å². The molecule has 19 heavy (non-hydrogen) atoms. The smallest absolute Gasteiger partial charge is 0.0121 e. The Kier molecular flexibility index (Phi) is 4.48. The van der Waals surface area contributed by atoms with Crippen LogP contribution in [-0.2, 0) is 0 Å². The van der Waals surface area contributed by atoms with E-state index >= 15 is 0 Å². The van der Waals surface area contributed by atoms with Gasteiger partial charge >= 0.3 is 0 Å². The number of rotatable bonds is 2. The van der Waals surface area contributed by atoms with E-state index in [1.54, 1.807) is 0 Å². The van der Waals surface area contributed by atoms with Gasteiger partial charge in [0.2, 0.25) is 0 Å². The van der Waals surface area contributed by atoms with E-state index in [0.717, 1.165) is 29.8 Å². The lowest BCUT2D eigenvalue weighted by Gasteiger charge is -2.44. The Balaban J connectivity index is 1.49. The van der Waals surface area contributed by atoms with Crippen LogP contribution >= 0.6 is 0 Å². The van der Waals surface area contributed by atoms with Crippen LogP contribution in [0, 0.1) is 17.8 Å². The zero-order valence-corrected chi connectivity index (χ0v) is 12.9. The highest BCUT2D eigenvalue weighted by Crippen LogP contribution is 2.35. The lowest BCUT2D eigenvalue weighted by Crippen LogP contribution is -2.48. The molecule has 2 heterocycles. The fourth-order valence-electron chi connectivity index (χ4n) is 4.96. The van der Waals surface area contributed by atoms with Crippen molar-refractivity contribution in [1.29, 1.82) is 0 Å². The lowest BCUT2D eigenvalue weighted by atomic mass is 9.78. The van der Waals surface area contributed by atoms with Crippen LogP contribution in [0.1, 0.15) is 58.8 Å². The van der Waals surface area contributed by atoms with Crippen LogP contribution in [-0.4, -0.2) is 36.6 Å². The Labute approximate surface area is 119 Å². The number of piperidine rings is 1. The van der Waals surface area contributed by atoms with Crippen molar-refractivity contribution in [3.05, 3.63) is 0 Å². The molecule has 110 valence electrons. The van der Waals surface area contributed by atoms with Gasteiger partial charge in [-0.2, -0.15) is 0 Å². The third-order valence-corrected chi connectivity index (χ3v) is 6.10. The molecule has 0 spiro atoms. The molecule has 1 N–H and O–H groups in total. The molecule has 2 saturated heterocycles. The molecule has 2 heteroatoms. The molecule has 0 aromatic heterocycles. The molecular weight excluding hydrogens is 232 g/mol. The largest absolute Gasteiger partial charge is 0.314 e. The van der Waals surface area contributed by atoms with E-state index in [-0.39, 0.29) is 0 Å². The highest BCUT2D eigenvalue weighted by atomic mass is 15.2. The monoisotopic (exact) mass is 264 g/mol. The summed E-state index contributed by atoms with van der Waals surface area (Å²) in [6.45, 7) is 8.93. The van der Waals surface area contributed by atoms with Gasteiger partial charge in [-0.05, 0) is 82.3 Å². The van der Waals surface area contributed by atoms with Crippen molar-refractivity contribution in [2.45, 2.75) is 70.9 Å². The van der Waals surface area contributed by atoms with Gasteiger partial charge in [-0.25, -0.2) is 0 Å². The van der Waals surface area contributed by atoms with E-state index in [9.17, 15) is 0 Å². The first-order valence-electron chi connectivity index (χ1n) is 8.71. The van der Waals surface area contributed by atoms with E-state index in [1.807, 2.05) is 0 Å². The second-order valence-corrected chi connectivity index (χ2v) is 7.54. The van der Waals surface area contributed by atoms with Crippen molar-refractivity contribution in [2.75, 3.05) is 19.6 Å². The van der Waals surface area contributed by atoms with E-state index in [0.29, 0.717) is 0 Å². The first-order valence-corrected chi connectivity index (χ1v) is 8.71. The van der Waals surface area contributed by atoms with Crippen LogP contribution in [0.3, 0.4) is 0 Å². The Bertz CT molecular complexity index is 277. The summed E-state index contributed by atoms with van der Waals surface area (Å²) in [5.41, 5.74) is 0. The van der Waals surface area contributed by atoms with Gasteiger partial charge in [0.05, 0.1) is 0 Å².